The van der Waals surface area contributed by atoms with Gasteiger partial charge in [0.2, 0.25) is 17.8 Å². The molecule has 0 radical (unpaired) electrons. The molecule has 2 heterocycles. The van der Waals surface area contributed by atoms with Crippen molar-refractivity contribution < 1.29 is 4.79 Å². The van der Waals surface area contributed by atoms with Gasteiger partial charge >= 0.3 is 0 Å². The van der Waals surface area contributed by atoms with Gasteiger partial charge in [0, 0.05) is 41.0 Å². The highest BCUT2D eigenvalue weighted by Crippen LogP contribution is 2.51. The molecule has 8 heteroatoms. The average Bonchev–Trinajstić information content (AvgIpc) is 2.73. The lowest BCUT2D eigenvalue weighted by molar-refractivity contribution is -0.117. The predicted molar refractivity (Wildman–Crippen MR) is 136 cm³/mol. The SMILES string of the molecule is CC(=O)N1c2ccc(NC(N)=Nc3nc(C)cc(=O)[nH]3)cc2C(C)(c2ccccc2)CC1(C)C. The number of carbonyl (C=O) groups is 1. The number of anilines is 2. The summed E-state index contributed by atoms with van der Waals surface area (Å²) in [4.78, 5) is 37.2. The second kappa shape index (κ2) is 8.44. The van der Waals surface area contributed by atoms with Crippen molar-refractivity contribution in [1.29, 1.82) is 0 Å². The van der Waals surface area contributed by atoms with Gasteiger partial charge in [0.25, 0.3) is 5.56 Å². The lowest BCUT2D eigenvalue weighted by Crippen LogP contribution is -2.55. The van der Waals surface area contributed by atoms with Gasteiger partial charge in [-0.3, -0.25) is 14.6 Å². The Bertz CT molecular complexity index is 1330. The Hall–Kier alpha value is -3.94. The molecule has 1 atom stereocenters. The smallest absolute Gasteiger partial charge is 0.252 e. The molecule has 1 aliphatic rings. The highest BCUT2D eigenvalue weighted by molar-refractivity contribution is 5.97. The molecule has 0 saturated carbocycles. The number of aliphatic imine (C=N–C) groups is 1. The van der Waals surface area contributed by atoms with Gasteiger partial charge in [-0.1, -0.05) is 37.3 Å². The molecule has 1 aliphatic heterocycles. The lowest BCUT2D eigenvalue weighted by Gasteiger charge is -2.51. The quantitative estimate of drug-likeness (QED) is 0.405. The van der Waals surface area contributed by atoms with Crippen molar-refractivity contribution in [2.45, 2.75) is 52.0 Å². The van der Waals surface area contributed by atoms with E-state index in [9.17, 15) is 9.59 Å². The monoisotopic (exact) mass is 458 g/mol. The van der Waals surface area contributed by atoms with Gasteiger partial charge in [-0.2, -0.15) is 4.99 Å². The first-order valence-electron chi connectivity index (χ1n) is 11.2. The highest BCUT2D eigenvalue weighted by Gasteiger charge is 2.47. The topological polar surface area (TPSA) is 116 Å². The molecule has 0 spiro atoms. The number of carbonyl (C=O) groups excluding carboxylic acids is 1. The van der Waals surface area contributed by atoms with Crippen molar-refractivity contribution in [3.8, 4) is 0 Å². The largest absolute Gasteiger partial charge is 0.369 e. The van der Waals surface area contributed by atoms with Gasteiger partial charge in [-0.15, -0.1) is 0 Å². The summed E-state index contributed by atoms with van der Waals surface area (Å²) in [5.74, 6) is 0.221. The number of fused-ring (bicyclic) bond motifs is 1. The highest BCUT2D eigenvalue weighted by atomic mass is 16.2. The van der Waals surface area contributed by atoms with E-state index in [1.807, 2.05) is 41.3 Å². The second-order valence-electron chi connectivity index (χ2n) is 9.61. The van der Waals surface area contributed by atoms with Crippen molar-refractivity contribution in [1.82, 2.24) is 9.97 Å². The van der Waals surface area contributed by atoms with E-state index in [2.05, 4.69) is 53.2 Å². The molecule has 2 aromatic carbocycles. The van der Waals surface area contributed by atoms with Crippen molar-refractivity contribution in [2.75, 3.05) is 10.2 Å². The molecule has 4 N–H and O–H groups in total. The van der Waals surface area contributed by atoms with Crippen LogP contribution in [-0.2, 0) is 10.2 Å². The number of nitrogens with two attached hydrogens (primary N) is 1. The number of guanidine groups is 1. The van der Waals surface area contributed by atoms with Crippen LogP contribution in [0.5, 0.6) is 0 Å². The molecule has 1 unspecified atom stereocenters. The Morgan fingerprint density at radius 2 is 1.85 bits per heavy atom. The summed E-state index contributed by atoms with van der Waals surface area (Å²) >= 11 is 0. The van der Waals surface area contributed by atoms with Gasteiger partial charge in [0.05, 0.1) is 0 Å². The summed E-state index contributed by atoms with van der Waals surface area (Å²) in [7, 11) is 0. The van der Waals surface area contributed by atoms with Crippen LogP contribution in [0.3, 0.4) is 0 Å². The van der Waals surface area contributed by atoms with Crippen LogP contribution in [0.2, 0.25) is 0 Å². The summed E-state index contributed by atoms with van der Waals surface area (Å²) in [5.41, 5.74) is 9.47. The summed E-state index contributed by atoms with van der Waals surface area (Å²) in [6, 6.07) is 17.5. The molecule has 1 amide bonds. The van der Waals surface area contributed by atoms with Gasteiger partial charge in [0.15, 0.2) is 0 Å². The Morgan fingerprint density at radius 1 is 1.15 bits per heavy atom. The normalized spacial score (nSPS) is 19.4. The first-order valence-corrected chi connectivity index (χ1v) is 11.2. The predicted octanol–water partition coefficient (Wildman–Crippen LogP) is 3.98. The molecule has 0 aliphatic carbocycles. The van der Waals surface area contributed by atoms with Crippen molar-refractivity contribution in [2.24, 2.45) is 10.7 Å². The number of aromatic nitrogens is 2. The second-order valence-corrected chi connectivity index (χ2v) is 9.61. The number of aryl methyl sites for hydroxylation is 1. The number of H-pyrrole nitrogens is 1. The molecule has 0 fully saturated rings. The third kappa shape index (κ3) is 4.31. The van der Waals surface area contributed by atoms with Crippen molar-refractivity contribution >= 4 is 29.2 Å². The van der Waals surface area contributed by atoms with Crippen LogP contribution in [0.4, 0.5) is 17.3 Å². The maximum atomic E-state index is 12.7. The van der Waals surface area contributed by atoms with E-state index in [-0.39, 0.29) is 34.3 Å². The van der Waals surface area contributed by atoms with E-state index < -0.39 is 0 Å². The summed E-state index contributed by atoms with van der Waals surface area (Å²) < 4.78 is 0. The number of aromatic amines is 1. The number of amides is 1. The third-order valence-electron chi connectivity index (χ3n) is 6.31. The Kier molecular flexibility index (Phi) is 5.77. The first-order chi connectivity index (χ1) is 16.0. The van der Waals surface area contributed by atoms with Crippen LogP contribution in [0, 0.1) is 6.92 Å². The number of nitrogens with one attached hydrogen (secondary N) is 2. The summed E-state index contributed by atoms with van der Waals surface area (Å²) in [6.45, 7) is 9.73. The molecule has 34 heavy (non-hydrogen) atoms. The van der Waals surface area contributed by atoms with Gasteiger partial charge in [-0.05, 0) is 56.5 Å². The van der Waals surface area contributed by atoms with Crippen LogP contribution in [0.1, 0.15) is 50.9 Å². The van der Waals surface area contributed by atoms with E-state index in [1.165, 1.54) is 11.6 Å². The van der Waals surface area contributed by atoms with E-state index in [0.29, 0.717) is 5.69 Å². The number of hydrogen-bond acceptors (Lipinski definition) is 4. The van der Waals surface area contributed by atoms with Crippen LogP contribution in [-0.4, -0.2) is 27.4 Å². The summed E-state index contributed by atoms with van der Waals surface area (Å²) in [5, 5.41) is 3.10. The van der Waals surface area contributed by atoms with E-state index in [1.54, 1.807) is 13.8 Å². The molecule has 4 rings (SSSR count). The first kappa shape index (κ1) is 23.2. The molecule has 1 aromatic heterocycles. The Labute approximate surface area is 198 Å². The zero-order chi connectivity index (χ0) is 24.7. The van der Waals surface area contributed by atoms with Crippen LogP contribution in [0.25, 0.3) is 0 Å². The van der Waals surface area contributed by atoms with E-state index in [0.717, 1.165) is 23.4 Å². The maximum absolute atomic E-state index is 12.7. The van der Waals surface area contributed by atoms with E-state index in [4.69, 9.17) is 5.73 Å². The fraction of sp³-hybridized carbons (Fsp3) is 0.308. The van der Waals surface area contributed by atoms with Crippen molar-refractivity contribution in [3.05, 3.63) is 81.8 Å². The number of benzene rings is 2. The average molecular weight is 459 g/mol. The maximum Gasteiger partial charge on any atom is 0.252 e. The standard InChI is InChI=1S/C26H30N6O2/c1-16-13-22(34)30-24(28-16)31-23(27)29-19-11-12-21-20(14-19)26(5,18-9-7-6-8-10-18)15-25(3,4)32(21)17(2)33/h6-14H,15H2,1-5H3,(H4,27,28,29,30,31,34). The minimum absolute atomic E-state index is 0.00220. The molecular weight excluding hydrogens is 428 g/mol. The Balaban J connectivity index is 1.79. The molecule has 8 nitrogen and oxygen atoms in total. The zero-order valence-corrected chi connectivity index (χ0v) is 20.1. The van der Waals surface area contributed by atoms with Gasteiger partial charge in [0.1, 0.15) is 0 Å². The van der Waals surface area contributed by atoms with Crippen molar-refractivity contribution in [3.63, 3.8) is 0 Å². The minimum Gasteiger partial charge on any atom is -0.369 e. The van der Waals surface area contributed by atoms with Crippen LogP contribution >= 0.6 is 0 Å². The van der Waals surface area contributed by atoms with Crippen LogP contribution in [0.15, 0.2) is 64.4 Å². The number of nitrogens with zero attached hydrogens (tertiary/aromatic N) is 3. The molecule has 3 aromatic rings. The fourth-order valence-electron chi connectivity index (χ4n) is 5.18. The van der Waals surface area contributed by atoms with E-state index >= 15 is 0 Å². The Morgan fingerprint density at radius 3 is 2.50 bits per heavy atom. The molecule has 0 bridgehead atoms. The molecule has 176 valence electrons. The number of rotatable bonds is 3. The molecule has 0 saturated heterocycles. The van der Waals surface area contributed by atoms with Gasteiger partial charge < -0.3 is 16.0 Å². The minimum atomic E-state index is -0.373. The van der Waals surface area contributed by atoms with Crippen LogP contribution < -0.4 is 21.5 Å². The fourth-order valence-corrected chi connectivity index (χ4v) is 5.18. The lowest BCUT2D eigenvalue weighted by atomic mass is 9.65. The molecular formula is C26H30N6O2. The van der Waals surface area contributed by atoms with Gasteiger partial charge in [-0.25, -0.2) is 4.98 Å². The zero-order valence-electron chi connectivity index (χ0n) is 20.1. The summed E-state index contributed by atoms with van der Waals surface area (Å²) in [6.07, 6.45) is 0.748. The third-order valence-corrected chi connectivity index (χ3v) is 6.31. The number of hydrogen-bond donors (Lipinski definition) is 3.